The van der Waals surface area contributed by atoms with Gasteiger partial charge in [-0.05, 0) is 55.7 Å². The SMILES string of the molecule is CC(OCc1cc(Cl)ccc1Cl)C(=O)N1CCN(C2CC2)c2ccccc21. The van der Waals surface area contributed by atoms with Crippen molar-refractivity contribution in [3.8, 4) is 0 Å². The first-order valence-corrected chi connectivity index (χ1v) is 10.0. The number of carbonyl (C=O) groups excluding carboxylic acids is 1. The number of anilines is 2. The van der Waals surface area contributed by atoms with E-state index in [9.17, 15) is 4.79 Å². The normalized spacial score (nSPS) is 17.6. The number of benzene rings is 2. The number of amides is 1. The Bertz CT molecular complexity index is 854. The first-order chi connectivity index (χ1) is 13.0. The van der Waals surface area contributed by atoms with Gasteiger partial charge < -0.3 is 14.5 Å². The van der Waals surface area contributed by atoms with Crippen molar-refractivity contribution < 1.29 is 9.53 Å². The molecule has 1 heterocycles. The molecule has 2 aliphatic rings. The van der Waals surface area contributed by atoms with Gasteiger partial charge in [0.25, 0.3) is 5.91 Å². The fraction of sp³-hybridized carbons (Fsp3) is 0.381. The lowest BCUT2D eigenvalue weighted by Crippen LogP contribution is -2.48. The van der Waals surface area contributed by atoms with Crippen LogP contribution >= 0.6 is 23.2 Å². The van der Waals surface area contributed by atoms with Crippen molar-refractivity contribution in [2.45, 2.75) is 38.5 Å². The molecule has 27 heavy (non-hydrogen) atoms. The van der Waals surface area contributed by atoms with Gasteiger partial charge in [-0.15, -0.1) is 0 Å². The lowest BCUT2D eigenvalue weighted by molar-refractivity contribution is -0.129. The summed E-state index contributed by atoms with van der Waals surface area (Å²) in [6, 6.07) is 14.0. The van der Waals surface area contributed by atoms with Crippen LogP contribution in [0.5, 0.6) is 0 Å². The Labute approximate surface area is 169 Å². The van der Waals surface area contributed by atoms with Gasteiger partial charge in [0.15, 0.2) is 0 Å². The zero-order chi connectivity index (χ0) is 19.0. The summed E-state index contributed by atoms with van der Waals surface area (Å²) >= 11 is 12.2. The van der Waals surface area contributed by atoms with Crippen LogP contribution in [0, 0.1) is 0 Å². The average molecular weight is 405 g/mol. The minimum atomic E-state index is -0.569. The predicted octanol–water partition coefficient (Wildman–Crippen LogP) is 4.91. The minimum Gasteiger partial charge on any atom is -0.365 e. The van der Waals surface area contributed by atoms with E-state index in [1.54, 1.807) is 25.1 Å². The molecule has 0 radical (unpaired) electrons. The molecular formula is C21H22Cl2N2O2. The first kappa shape index (κ1) is 18.6. The number of carbonyl (C=O) groups is 1. The Morgan fingerprint density at radius 2 is 1.89 bits per heavy atom. The van der Waals surface area contributed by atoms with E-state index in [4.69, 9.17) is 27.9 Å². The molecule has 1 atom stereocenters. The summed E-state index contributed by atoms with van der Waals surface area (Å²) in [7, 11) is 0. The van der Waals surface area contributed by atoms with Gasteiger partial charge in [0.1, 0.15) is 6.10 Å². The quantitative estimate of drug-likeness (QED) is 0.709. The molecule has 0 saturated heterocycles. The molecule has 2 aromatic rings. The molecule has 0 spiro atoms. The fourth-order valence-electron chi connectivity index (χ4n) is 3.54. The maximum Gasteiger partial charge on any atom is 0.255 e. The summed E-state index contributed by atoms with van der Waals surface area (Å²) in [5.41, 5.74) is 2.89. The van der Waals surface area contributed by atoms with Gasteiger partial charge >= 0.3 is 0 Å². The third-order valence-corrected chi connectivity index (χ3v) is 5.75. The second-order valence-corrected chi connectivity index (χ2v) is 7.94. The average Bonchev–Trinajstić information content (AvgIpc) is 3.52. The molecule has 1 amide bonds. The van der Waals surface area contributed by atoms with Crippen LogP contribution in [0.1, 0.15) is 25.3 Å². The largest absolute Gasteiger partial charge is 0.365 e. The van der Waals surface area contributed by atoms with E-state index in [0.717, 1.165) is 23.5 Å². The second kappa shape index (κ2) is 7.70. The van der Waals surface area contributed by atoms with Crippen molar-refractivity contribution >= 4 is 40.5 Å². The lowest BCUT2D eigenvalue weighted by atomic mass is 10.1. The zero-order valence-electron chi connectivity index (χ0n) is 15.2. The Hall–Kier alpha value is -1.75. The summed E-state index contributed by atoms with van der Waals surface area (Å²) in [6.45, 7) is 3.57. The smallest absolute Gasteiger partial charge is 0.255 e. The van der Waals surface area contributed by atoms with Crippen LogP contribution in [-0.4, -0.2) is 31.1 Å². The molecule has 0 bridgehead atoms. The highest BCUT2D eigenvalue weighted by Gasteiger charge is 2.36. The van der Waals surface area contributed by atoms with Gasteiger partial charge in [-0.1, -0.05) is 35.3 Å². The molecule has 1 fully saturated rings. The Kier molecular flexibility index (Phi) is 5.31. The number of hydrogen-bond donors (Lipinski definition) is 0. The van der Waals surface area contributed by atoms with E-state index >= 15 is 0 Å². The summed E-state index contributed by atoms with van der Waals surface area (Å²) < 4.78 is 5.83. The van der Waals surface area contributed by atoms with Gasteiger partial charge in [-0.2, -0.15) is 0 Å². The van der Waals surface area contributed by atoms with Crippen LogP contribution in [-0.2, 0) is 16.1 Å². The molecule has 1 aliphatic carbocycles. The molecule has 0 aromatic heterocycles. The molecule has 0 N–H and O–H groups in total. The standard InChI is InChI=1S/C21H22Cl2N2O2/c1-14(27-13-15-12-16(22)6-9-18(15)23)21(26)25-11-10-24(17-7-8-17)19-4-2-3-5-20(19)25/h2-6,9,12,14,17H,7-8,10-11,13H2,1H3. The summed E-state index contributed by atoms with van der Waals surface area (Å²) in [6.07, 6.45) is 1.91. The van der Waals surface area contributed by atoms with Crippen molar-refractivity contribution in [2.75, 3.05) is 22.9 Å². The fourth-order valence-corrected chi connectivity index (χ4v) is 3.90. The monoisotopic (exact) mass is 404 g/mol. The zero-order valence-corrected chi connectivity index (χ0v) is 16.7. The summed E-state index contributed by atoms with van der Waals surface area (Å²) in [4.78, 5) is 17.3. The van der Waals surface area contributed by atoms with Gasteiger partial charge in [-0.25, -0.2) is 0 Å². The third-order valence-electron chi connectivity index (χ3n) is 5.14. The van der Waals surface area contributed by atoms with Gasteiger partial charge in [0.2, 0.25) is 0 Å². The van der Waals surface area contributed by atoms with E-state index in [-0.39, 0.29) is 12.5 Å². The van der Waals surface area contributed by atoms with Crippen LogP contribution < -0.4 is 9.80 Å². The van der Waals surface area contributed by atoms with Crippen LogP contribution in [0.3, 0.4) is 0 Å². The molecule has 4 rings (SSSR count). The summed E-state index contributed by atoms with van der Waals surface area (Å²) in [5.74, 6) is -0.0314. The number of nitrogens with zero attached hydrogens (tertiary/aromatic N) is 2. The highest BCUT2D eigenvalue weighted by molar-refractivity contribution is 6.33. The number of hydrogen-bond acceptors (Lipinski definition) is 3. The highest BCUT2D eigenvalue weighted by atomic mass is 35.5. The Morgan fingerprint density at radius 3 is 2.63 bits per heavy atom. The molecule has 1 aliphatic heterocycles. The van der Waals surface area contributed by atoms with Crippen LogP contribution in [0.25, 0.3) is 0 Å². The lowest BCUT2D eigenvalue weighted by Gasteiger charge is -2.38. The van der Waals surface area contributed by atoms with E-state index in [1.165, 1.54) is 12.8 Å². The van der Waals surface area contributed by atoms with Gasteiger partial charge in [0, 0.05) is 29.2 Å². The van der Waals surface area contributed by atoms with Gasteiger partial charge in [-0.3, -0.25) is 4.79 Å². The third kappa shape index (κ3) is 3.93. The van der Waals surface area contributed by atoms with Crippen LogP contribution in [0.4, 0.5) is 11.4 Å². The van der Waals surface area contributed by atoms with E-state index < -0.39 is 6.10 Å². The number of halogens is 2. The van der Waals surface area contributed by atoms with Gasteiger partial charge in [0.05, 0.1) is 18.0 Å². The highest BCUT2D eigenvalue weighted by Crippen LogP contribution is 2.40. The van der Waals surface area contributed by atoms with Crippen LogP contribution in [0.2, 0.25) is 10.0 Å². The van der Waals surface area contributed by atoms with E-state index in [1.807, 2.05) is 23.1 Å². The Morgan fingerprint density at radius 1 is 1.15 bits per heavy atom. The first-order valence-electron chi connectivity index (χ1n) is 9.27. The number of rotatable bonds is 5. The maximum absolute atomic E-state index is 13.0. The van der Waals surface area contributed by atoms with E-state index in [0.29, 0.717) is 22.6 Å². The van der Waals surface area contributed by atoms with Crippen molar-refractivity contribution in [3.05, 3.63) is 58.1 Å². The van der Waals surface area contributed by atoms with Crippen molar-refractivity contribution in [1.82, 2.24) is 0 Å². The second-order valence-electron chi connectivity index (χ2n) is 7.09. The summed E-state index contributed by atoms with van der Waals surface area (Å²) in [5, 5.41) is 1.18. The minimum absolute atomic E-state index is 0.0314. The molecular weight excluding hydrogens is 383 g/mol. The van der Waals surface area contributed by atoms with Crippen LogP contribution in [0.15, 0.2) is 42.5 Å². The van der Waals surface area contributed by atoms with E-state index in [2.05, 4.69) is 11.0 Å². The molecule has 2 aromatic carbocycles. The number of ether oxygens (including phenoxy) is 1. The molecule has 142 valence electrons. The molecule has 4 nitrogen and oxygen atoms in total. The maximum atomic E-state index is 13.0. The number of fused-ring (bicyclic) bond motifs is 1. The molecule has 1 saturated carbocycles. The Balaban J connectivity index is 1.47. The molecule has 6 heteroatoms. The topological polar surface area (TPSA) is 32.8 Å². The molecule has 1 unspecified atom stereocenters. The van der Waals surface area contributed by atoms with Crippen molar-refractivity contribution in [2.24, 2.45) is 0 Å². The number of para-hydroxylation sites is 2. The van der Waals surface area contributed by atoms with Crippen molar-refractivity contribution in [3.63, 3.8) is 0 Å². The van der Waals surface area contributed by atoms with Crippen molar-refractivity contribution in [1.29, 1.82) is 0 Å². The predicted molar refractivity (Wildman–Crippen MR) is 110 cm³/mol.